The Kier molecular flexibility index (Phi) is 5.44. The van der Waals surface area contributed by atoms with Crippen LogP contribution in [0.15, 0.2) is 69.5 Å². The molecule has 0 unspecified atom stereocenters. The van der Waals surface area contributed by atoms with Crippen molar-refractivity contribution in [2.45, 2.75) is 12.1 Å². The monoisotopic (exact) mass is 451 g/mol. The van der Waals surface area contributed by atoms with Crippen LogP contribution in [0.5, 0.6) is 5.75 Å². The molecule has 1 aromatic carbocycles. The predicted octanol–water partition coefficient (Wildman–Crippen LogP) is 5.46. The number of alkyl halides is 3. The number of furan rings is 1. The van der Waals surface area contributed by atoms with E-state index in [1.807, 2.05) is 0 Å². The number of thiophene rings is 1. The molecule has 1 aliphatic heterocycles. The molecule has 0 saturated heterocycles. The third kappa shape index (κ3) is 4.14. The molecule has 4 rings (SSSR count). The number of hydrogen-bond donors (Lipinski definition) is 0. The molecule has 10 heteroatoms. The van der Waals surface area contributed by atoms with Gasteiger partial charge in [0.25, 0.3) is 11.8 Å². The standard InChI is InChI=1S/C20H12F3NO4S2/c21-20(22,23)28-13-7-5-12(6-8-13)24-18(25)16(15-4-2-10-29-15)17(19(24)26)30-11-14-3-1-9-27-14/h1-10H,11H2. The minimum Gasteiger partial charge on any atom is -0.468 e. The van der Waals surface area contributed by atoms with Gasteiger partial charge in [-0.25, -0.2) is 4.90 Å². The molecule has 0 aliphatic carbocycles. The molecule has 1 aliphatic rings. The van der Waals surface area contributed by atoms with Gasteiger partial charge in [0.1, 0.15) is 11.5 Å². The SMILES string of the molecule is O=C1C(SCc2ccco2)=C(c2cccs2)C(=O)N1c1ccc(OC(F)(F)F)cc1. The van der Waals surface area contributed by atoms with E-state index in [1.165, 1.54) is 41.5 Å². The average Bonchev–Trinajstić information content (AvgIpc) is 3.42. The summed E-state index contributed by atoms with van der Waals surface area (Å²) >= 11 is 2.50. The lowest BCUT2D eigenvalue weighted by molar-refractivity contribution is -0.274. The van der Waals surface area contributed by atoms with Crippen molar-refractivity contribution in [2.75, 3.05) is 4.90 Å². The molecule has 2 aromatic heterocycles. The number of amides is 2. The number of rotatable bonds is 6. The third-order valence-electron chi connectivity index (χ3n) is 4.08. The molecule has 5 nitrogen and oxygen atoms in total. The molecular weight excluding hydrogens is 439 g/mol. The first-order valence-corrected chi connectivity index (χ1v) is 10.4. The van der Waals surface area contributed by atoms with Crippen LogP contribution in [0.4, 0.5) is 18.9 Å². The van der Waals surface area contributed by atoms with E-state index in [0.717, 1.165) is 17.0 Å². The van der Waals surface area contributed by atoms with Gasteiger partial charge in [0, 0.05) is 4.88 Å². The number of thioether (sulfide) groups is 1. The van der Waals surface area contributed by atoms with Crippen LogP contribution < -0.4 is 9.64 Å². The number of anilines is 1. The summed E-state index contributed by atoms with van der Waals surface area (Å²) in [5.74, 6) is -0.518. The summed E-state index contributed by atoms with van der Waals surface area (Å²) < 4.78 is 46.2. The van der Waals surface area contributed by atoms with Gasteiger partial charge in [-0.3, -0.25) is 9.59 Å². The number of carbonyl (C=O) groups is 2. The molecular formula is C20H12F3NO4S2. The largest absolute Gasteiger partial charge is 0.573 e. The van der Waals surface area contributed by atoms with Gasteiger partial charge in [0.05, 0.1) is 28.2 Å². The lowest BCUT2D eigenvalue weighted by Gasteiger charge is -2.16. The van der Waals surface area contributed by atoms with Crippen LogP contribution in [-0.4, -0.2) is 18.2 Å². The second kappa shape index (κ2) is 8.04. The van der Waals surface area contributed by atoms with Crippen LogP contribution in [0.3, 0.4) is 0 Å². The summed E-state index contributed by atoms with van der Waals surface area (Å²) in [5, 5.41) is 1.79. The van der Waals surface area contributed by atoms with E-state index in [1.54, 1.807) is 29.6 Å². The average molecular weight is 451 g/mol. The van der Waals surface area contributed by atoms with E-state index in [9.17, 15) is 22.8 Å². The number of hydrogen-bond acceptors (Lipinski definition) is 6. The summed E-state index contributed by atoms with van der Waals surface area (Å²) in [6.45, 7) is 0. The van der Waals surface area contributed by atoms with Gasteiger partial charge in [0.15, 0.2) is 0 Å². The summed E-state index contributed by atoms with van der Waals surface area (Å²) in [6.07, 6.45) is -3.31. The second-order valence-corrected chi connectivity index (χ2v) is 7.97. The van der Waals surface area contributed by atoms with E-state index in [-0.39, 0.29) is 16.2 Å². The highest BCUT2D eigenvalue weighted by molar-refractivity contribution is 8.03. The molecule has 0 radical (unpaired) electrons. The highest BCUT2D eigenvalue weighted by Crippen LogP contribution is 2.41. The summed E-state index contributed by atoms with van der Waals surface area (Å²) in [7, 11) is 0. The van der Waals surface area contributed by atoms with E-state index in [0.29, 0.717) is 16.4 Å². The maximum atomic E-state index is 13.1. The fourth-order valence-electron chi connectivity index (χ4n) is 2.85. The van der Waals surface area contributed by atoms with Crippen molar-refractivity contribution in [3.05, 3.63) is 75.7 Å². The number of benzene rings is 1. The van der Waals surface area contributed by atoms with Crippen LogP contribution in [0.25, 0.3) is 5.57 Å². The molecule has 154 valence electrons. The van der Waals surface area contributed by atoms with Gasteiger partial charge in [-0.15, -0.1) is 36.3 Å². The van der Waals surface area contributed by atoms with Gasteiger partial charge >= 0.3 is 6.36 Å². The number of ether oxygens (including phenoxy) is 1. The first-order chi connectivity index (χ1) is 14.3. The fraction of sp³-hybridized carbons (Fsp3) is 0.100. The Morgan fingerprint density at radius 1 is 1.03 bits per heavy atom. The fourth-order valence-corrected chi connectivity index (χ4v) is 4.69. The van der Waals surface area contributed by atoms with Gasteiger partial charge in [0.2, 0.25) is 0 Å². The predicted molar refractivity (Wildman–Crippen MR) is 107 cm³/mol. The first kappa shape index (κ1) is 20.3. The second-order valence-electron chi connectivity index (χ2n) is 6.04. The first-order valence-electron chi connectivity index (χ1n) is 8.51. The summed E-state index contributed by atoms with van der Waals surface area (Å²) in [6, 6.07) is 11.6. The molecule has 0 spiro atoms. The number of carbonyl (C=O) groups excluding carboxylic acids is 2. The lowest BCUT2D eigenvalue weighted by Crippen LogP contribution is -2.31. The minimum atomic E-state index is -4.83. The van der Waals surface area contributed by atoms with Crippen molar-refractivity contribution >= 4 is 46.2 Å². The maximum Gasteiger partial charge on any atom is 0.573 e. The van der Waals surface area contributed by atoms with Crippen LogP contribution in [-0.2, 0) is 15.3 Å². The molecule has 2 amide bonds. The molecule has 0 fully saturated rings. The van der Waals surface area contributed by atoms with Crippen molar-refractivity contribution in [3.8, 4) is 5.75 Å². The molecule has 0 saturated carbocycles. The van der Waals surface area contributed by atoms with Gasteiger partial charge in [-0.1, -0.05) is 6.07 Å². The van der Waals surface area contributed by atoms with Gasteiger partial charge in [-0.2, -0.15) is 0 Å². The third-order valence-corrected chi connectivity index (χ3v) is 6.06. The van der Waals surface area contributed by atoms with Crippen molar-refractivity contribution in [2.24, 2.45) is 0 Å². The summed E-state index contributed by atoms with van der Waals surface area (Å²) in [5.41, 5.74) is 0.421. The van der Waals surface area contributed by atoms with Crippen molar-refractivity contribution < 1.29 is 31.9 Å². The Hall–Kier alpha value is -2.98. The zero-order valence-electron chi connectivity index (χ0n) is 15.0. The summed E-state index contributed by atoms with van der Waals surface area (Å²) in [4.78, 5) is 28.0. The van der Waals surface area contributed by atoms with E-state index >= 15 is 0 Å². The maximum absolute atomic E-state index is 13.1. The highest BCUT2D eigenvalue weighted by Gasteiger charge is 2.41. The topological polar surface area (TPSA) is 59.8 Å². The van der Waals surface area contributed by atoms with Crippen LogP contribution in [0.1, 0.15) is 10.6 Å². The Bertz CT molecular complexity index is 1090. The number of nitrogens with zero attached hydrogens (tertiary/aromatic N) is 1. The Balaban J connectivity index is 1.63. The smallest absolute Gasteiger partial charge is 0.468 e. The molecule has 30 heavy (non-hydrogen) atoms. The van der Waals surface area contributed by atoms with E-state index < -0.39 is 23.9 Å². The Morgan fingerprint density at radius 3 is 2.40 bits per heavy atom. The lowest BCUT2D eigenvalue weighted by atomic mass is 10.2. The zero-order chi connectivity index (χ0) is 21.3. The molecule has 0 bridgehead atoms. The van der Waals surface area contributed by atoms with Gasteiger partial charge in [-0.05, 0) is 47.8 Å². The number of halogens is 3. The Morgan fingerprint density at radius 2 is 1.80 bits per heavy atom. The number of imide groups is 1. The van der Waals surface area contributed by atoms with Crippen molar-refractivity contribution in [1.29, 1.82) is 0 Å². The normalized spacial score (nSPS) is 14.7. The van der Waals surface area contributed by atoms with Crippen molar-refractivity contribution in [3.63, 3.8) is 0 Å². The van der Waals surface area contributed by atoms with Crippen LogP contribution in [0, 0.1) is 0 Å². The highest BCUT2D eigenvalue weighted by atomic mass is 32.2. The zero-order valence-corrected chi connectivity index (χ0v) is 16.6. The molecule has 0 atom stereocenters. The van der Waals surface area contributed by atoms with Gasteiger partial charge < -0.3 is 9.15 Å². The van der Waals surface area contributed by atoms with Crippen LogP contribution in [0.2, 0.25) is 0 Å². The van der Waals surface area contributed by atoms with Crippen LogP contribution >= 0.6 is 23.1 Å². The van der Waals surface area contributed by atoms with E-state index in [2.05, 4.69) is 4.74 Å². The van der Waals surface area contributed by atoms with E-state index in [4.69, 9.17) is 4.42 Å². The molecule has 3 aromatic rings. The quantitative estimate of drug-likeness (QED) is 0.466. The molecule has 0 N–H and O–H groups in total. The molecule has 3 heterocycles. The minimum absolute atomic E-state index is 0.155. The van der Waals surface area contributed by atoms with Crippen molar-refractivity contribution in [1.82, 2.24) is 0 Å². The Labute approximate surface area is 176 Å².